The average molecular weight is 512 g/mol. The zero-order valence-electron chi connectivity index (χ0n) is 16.6. The lowest BCUT2D eigenvalue weighted by atomic mass is 10.1. The summed E-state index contributed by atoms with van der Waals surface area (Å²) in [6.45, 7) is 0. The van der Waals surface area contributed by atoms with Crippen LogP contribution in [0, 0.1) is 0 Å². The van der Waals surface area contributed by atoms with E-state index in [4.69, 9.17) is 27.6 Å². The van der Waals surface area contributed by atoms with Crippen molar-refractivity contribution in [1.29, 1.82) is 0 Å². The van der Waals surface area contributed by atoms with Crippen LogP contribution in [0.3, 0.4) is 0 Å². The van der Waals surface area contributed by atoms with Crippen LogP contribution in [0.4, 0.5) is 13.2 Å². The Bertz CT molecular complexity index is 1260. The first-order valence-corrected chi connectivity index (χ1v) is 11.1. The first-order valence-electron chi connectivity index (χ1n) is 9.49. The van der Waals surface area contributed by atoms with E-state index in [1.165, 1.54) is 30.1 Å². The van der Waals surface area contributed by atoms with E-state index < -0.39 is 17.0 Å². The van der Waals surface area contributed by atoms with E-state index in [1.54, 1.807) is 30.3 Å². The van der Waals surface area contributed by atoms with E-state index in [0.717, 1.165) is 17.7 Å². The number of carbonyl (C=O) groups excluding carboxylic acids is 1. The Kier molecular flexibility index (Phi) is 6.83. The van der Waals surface area contributed by atoms with Gasteiger partial charge in [0.05, 0.1) is 27.1 Å². The van der Waals surface area contributed by atoms with Crippen LogP contribution >= 0.6 is 35.0 Å². The standard InChI is InChI=1S/C22H14Cl2F3N3O2S/c23-16-6-2-4-13(19(16)24)10-18-20(31)29-21(33-18)30-28-11-15-7-8-17(32-15)12-3-1-5-14(9-12)22(25,26)27/h1-9,11,18H,10H2,(H,29,30,31)/b28-11-/t18-/m0/s1. The van der Waals surface area contributed by atoms with Gasteiger partial charge in [0.2, 0.25) is 5.91 Å². The largest absolute Gasteiger partial charge is 0.455 e. The fourth-order valence-corrected chi connectivity index (χ4v) is 4.41. The van der Waals surface area contributed by atoms with Gasteiger partial charge in [0.15, 0.2) is 5.17 Å². The van der Waals surface area contributed by atoms with Gasteiger partial charge in [-0.25, -0.2) is 0 Å². The van der Waals surface area contributed by atoms with Crippen LogP contribution in [0.25, 0.3) is 11.3 Å². The maximum Gasteiger partial charge on any atom is 0.416 e. The lowest BCUT2D eigenvalue weighted by molar-refractivity contribution is -0.137. The third-order valence-corrected chi connectivity index (χ3v) is 6.58. The van der Waals surface area contributed by atoms with Crippen molar-refractivity contribution in [2.24, 2.45) is 10.2 Å². The summed E-state index contributed by atoms with van der Waals surface area (Å²) in [5.74, 6) is 0.329. The van der Waals surface area contributed by atoms with Gasteiger partial charge in [-0.3, -0.25) is 4.79 Å². The lowest BCUT2D eigenvalue weighted by Crippen LogP contribution is -2.26. The number of halogens is 5. The zero-order valence-corrected chi connectivity index (χ0v) is 18.9. The Morgan fingerprint density at radius 3 is 2.70 bits per heavy atom. The Hall–Kier alpha value is -2.75. The van der Waals surface area contributed by atoms with Crippen molar-refractivity contribution < 1.29 is 22.4 Å². The maximum atomic E-state index is 12.9. The van der Waals surface area contributed by atoms with Gasteiger partial charge in [-0.15, -0.1) is 5.10 Å². The van der Waals surface area contributed by atoms with E-state index in [9.17, 15) is 18.0 Å². The number of alkyl halides is 3. The van der Waals surface area contributed by atoms with Crippen molar-refractivity contribution >= 4 is 52.3 Å². The molecule has 1 N–H and O–H groups in total. The van der Waals surface area contributed by atoms with Crippen molar-refractivity contribution in [1.82, 2.24) is 5.32 Å². The van der Waals surface area contributed by atoms with Gasteiger partial charge < -0.3 is 9.73 Å². The monoisotopic (exact) mass is 511 g/mol. The minimum Gasteiger partial charge on any atom is -0.455 e. The molecular weight excluding hydrogens is 498 g/mol. The number of amidine groups is 1. The maximum absolute atomic E-state index is 12.9. The number of nitrogens with zero attached hydrogens (tertiary/aromatic N) is 2. The molecular formula is C22H14Cl2F3N3O2S. The minimum atomic E-state index is -4.44. The number of hydrogen-bond acceptors (Lipinski definition) is 5. The number of nitrogens with one attached hydrogen (secondary N) is 1. The highest BCUT2D eigenvalue weighted by Gasteiger charge is 2.31. The van der Waals surface area contributed by atoms with Crippen LogP contribution in [0.2, 0.25) is 10.0 Å². The molecule has 1 aliphatic heterocycles. The average Bonchev–Trinajstić information content (AvgIpc) is 3.38. The Morgan fingerprint density at radius 1 is 1.12 bits per heavy atom. The number of benzene rings is 2. The summed E-state index contributed by atoms with van der Waals surface area (Å²) in [4.78, 5) is 12.2. The molecule has 4 rings (SSSR count). The number of rotatable bonds is 5. The smallest absolute Gasteiger partial charge is 0.416 e. The summed E-state index contributed by atoms with van der Waals surface area (Å²) in [5.41, 5.74) is 0.275. The molecule has 0 radical (unpaired) electrons. The van der Waals surface area contributed by atoms with Gasteiger partial charge in [-0.05, 0) is 42.3 Å². The topological polar surface area (TPSA) is 67.0 Å². The molecule has 1 amide bonds. The molecule has 1 atom stereocenters. The summed E-state index contributed by atoms with van der Waals surface area (Å²) in [6.07, 6.45) is -2.77. The first kappa shape index (κ1) is 23.4. The summed E-state index contributed by atoms with van der Waals surface area (Å²) in [7, 11) is 0. The van der Waals surface area contributed by atoms with E-state index >= 15 is 0 Å². The summed E-state index contributed by atoms with van der Waals surface area (Å²) < 4.78 is 44.3. The number of thioether (sulfide) groups is 1. The molecule has 0 aliphatic carbocycles. The molecule has 0 spiro atoms. The Balaban J connectivity index is 1.41. The number of carbonyl (C=O) groups is 1. The quantitative estimate of drug-likeness (QED) is 0.316. The molecule has 0 unspecified atom stereocenters. The molecule has 2 aromatic carbocycles. The second-order valence-corrected chi connectivity index (χ2v) is 8.92. The molecule has 33 heavy (non-hydrogen) atoms. The third kappa shape index (κ3) is 5.61. The Labute approximate surface area is 200 Å². The van der Waals surface area contributed by atoms with Crippen LogP contribution in [0.5, 0.6) is 0 Å². The molecule has 11 heteroatoms. The molecule has 0 saturated carbocycles. The van der Waals surface area contributed by atoms with Gasteiger partial charge in [-0.1, -0.05) is 59.2 Å². The SMILES string of the molecule is O=C1N/C(=N\N=C/c2ccc(-c3cccc(C(F)(F)F)c3)o2)S[C@H]1Cc1cccc(Cl)c1Cl. The van der Waals surface area contributed by atoms with Crippen LogP contribution < -0.4 is 5.32 Å². The third-order valence-electron chi connectivity index (χ3n) is 4.65. The summed E-state index contributed by atoms with van der Waals surface area (Å²) in [6, 6.07) is 13.2. The van der Waals surface area contributed by atoms with Crippen molar-refractivity contribution in [3.05, 3.63) is 81.5 Å². The molecule has 2 heterocycles. The highest BCUT2D eigenvalue weighted by Crippen LogP contribution is 2.33. The fourth-order valence-electron chi connectivity index (χ4n) is 3.06. The second kappa shape index (κ2) is 9.62. The second-order valence-electron chi connectivity index (χ2n) is 6.94. The van der Waals surface area contributed by atoms with Crippen molar-refractivity contribution in [3.63, 3.8) is 0 Å². The molecule has 170 valence electrons. The van der Waals surface area contributed by atoms with Crippen LogP contribution in [0.15, 0.2) is 69.2 Å². The van der Waals surface area contributed by atoms with Crippen molar-refractivity contribution in [3.8, 4) is 11.3 Å². The molecule has 5 nitrogen and oxygen atoms in total. The van der Waals surface area contributed by atoms with E-state index in [-0.39, 0.29) is 17.2 Å². The van der Waals surface area contributed by atoms with Gasteiger partial charge in [0.25, 0.3) is 0 Å². The molecule has 0 bridgehead atoms. The minimum absolute atomic E-state index is 0.227. The van der Waals surface area contributed by atoms with Gasteiger partial charge in [0, 0.05) is 5.56 Å². The number of furan rings is 1. The van der Waals surface area contributed by atoms with Crippen molar-refractivity contribution in [2.75, 3.05) is 0 Å². The normalized spacial score (nSPS) is 17.8. The predicted octanol–water partition coefficient (Wildman–Crippen LogP) is 6.44. The number of amides is 1. The molecule has 1 fully saturated rings. The highest BCUT2D eigenvalue weighted by atomic mass is 35.5. The van der Waals surface area contributed by atoms with Crippen LogP contribution in [-0.4, -0.2) is 22.5 Å². The van der Waals surface area contributed by atoms with E-state index in [1.807, 2.05) is 0 Å². The molecule has 1 aliphatic rings. The summed E-state index contributed by atoms with van der Waals surface area (Å²) in [5, 5.41) is 11.2. The van der Waals surface area contributed by atoms with Gasteiger partial charge >= 0.3 is 6.18 Å². The molecule has 1 aromatic heterocycles. The lowest BCUT2D eigenvalue weighted by Gasteiger charge is -2.08. The van der Waals surface area contributed by atoms with Crippen LogP contribution in [-0.2, 0) is 17.4 Å². The summed E-state index contributed by atoms with van der Waals surface area (Å²) >= 11 is 13.4. The van der Waals surface area contributed by atoms with Gasteiger partial charge in [-0.2, -0.15) is 18.3 Å². The zero-order chi connectivity index (χ0) is 23.6. The molecule has 1 saturated heterocycles. The fraction of sp³-hybridized carbons (Fsp3) is 0.136. The van der Waals surface area contributed by atoms with Crippen molar-refractivity contribution in [2.45, 2.75) is 17.8 Å². The number of hydrogen-bond donors (Lipinski definition) is 1. The van der Waals surface area contributed by atoms with E-state index in [2.05, 4.69) is 15.5 Å². The highest BCUT2D eigenvalue weighted by molar-refractivity contribution is 8.15. The van der Waals surface area contributed by atoms with E-state index in [0.29, 0.717) is 27.4 Å². The van der Waals surface area contributed by atoms with Gasteiger partial charge in [0.1, 0.15) is 11.5 Å². The van der Waals surface area contributed by atoms with Crippen LogP contribution in [0.1, 0.15) is 16.9 Å². The first-order chi connectivity index (χ1) is 15.7. The molecule has 3 aromatic rings. The predicted molar refractivity (Wildman–Crippen MR) is 124 cm³/mol. The Morgan fingerprint density at radius 2 is 1.91 bits per heavy atom.